The van der Waals surface area contributed by atoms with Gasteiger partial charge < -0.3 is 19.1 Å². The van der Waals surface area contributed by atoms with Crippen LogP contribution in [0.4, 0.5) is 19.0 Å². The maximum atomic E-state index is 17.2. The molecule has 4 aromatic rings. The molecule has 3 aliphatic heterocycles. The minimum Gasteiger partial charge on any atom is -0.468 e. The topological polar surface area (TPSA) is 122 Å². The van der Waals surface area contributed by atoms with Gasteiger partial charge in [0.2, 0.25) is 0 Å². The van der Waals surface area contributed by atoms with Crippen LogP contribution >= 0.6 is 0 Å². The SMILES string of the molecule is C#Cc1c(F)ccc2cc(OCOC)cc(-c3ncc4c(N5CCCC(CCCCN=[N+]=[N-])C5)nc(OC[C@@]56CCCN5C[C@H](F)C6)nc4c3F)c12. The number of rotatable bonds is 13. The number of terminal acetylenes is 1. The van der Waals surface area contributed by atoms with Crippen LogP contribution in [0.15, 0.2) is 35.6 Å². The van der Waals surface area contributed by atoms with E-state index in [1.54, 1.807) is 24.4 Å². The smallest absolute Gasteiger partial charge is 0.319 e. The molecule has 5 heterocycles. The van der Waals surface area contributed by atoms with Crippen LogP contribution in [0.1, 0.15) is 56.9 Å². The Balaban J connectivity index is 1.32. The molecule has 0 radical (unpaired) electrons. The van der Waals surface area contributed by atoms with E-state index in [1.807, 2.05) is 0 Å². The van der Waals surface area contributed by atoms with E-state index >= 15 is 8.78 Å². The molecule has 2 aromatic heterocycles. The molecular formula is C38H41F3N8O3. The summed E-state index contributed by atoms with van der Waals surface area (Å²) in [6, 6.07) is 6.07. The average molecular weight is 715 g/mol. The van der Waals surface area contributed by atoms with Crippen LogP contribution in [-0.2, 0) is 4.74 Å². The monoisotopic (exact) mass is 714 g/mol. The third kappa shape index (κ3) is 7.00. The first-order valence-corrected chi connectivity index (χ1v) is 17.8. The molecule has 272 valence electrons. The van der Waals surface area contributed by atoms with Gasteiger partial charge in [-0.3, -0.25) is 9.88 Å². The zero-order valence-corrected chi connectivity index (χ0v) is 29.2. The number of piperidine rings is 1. The van der Waals surface area contributed by atoms with E-state index in [-0.39, 0.29) is 41.7 Å². The van der Waals surface area contributed by atoms with Gasteiger partial charge in [0.15, 0.2) is 12.6 Å². The molecule has 11 nitrogen and oxygen atoms in total. The first-order chi connectivity index (χ1) is 25.3. The van der Waals surface area contributed by atoms with Crippen molar-refractivity contribution in [2.24, 2.45) is 11.0 Å². The van der Waals surface area contributed by atoms with Crippen molar-refractivity contribution in [1.29, 1.82) is 0 Å². The summed E-state index contributed by atoms with van der Waals surface area (Å²) in [5.41, 5.74) is 8.26. The third-order valence-electron chi connectivity index (χ3n) is 10.7. The van der Waals surface area contributed by atoms with Crippen LogP contribution in [0, 0.1) is 29.9 Å². The summed E-state index contributed by atoms with van der Waals surface area (Å²) in [5, 5.41) is 4.90. The van der Waals surface area contributed by atoms with E-state index in [0.29, 0.717) is 66.2 Å². The Morgan fingerprint density at radius 3 is 2.85 bits per heavy atom. The van der Waals surface area contributed by atoms with E-state index in [9.17, 15) is 4.39 Å². The summed E-state index contributed by atoms with van der Waals surface area (Å²) >= 11 is 0. The second kappa shape index (κ2) is 15.4. The predicted octanol–water partition coefficient (Wildman–Crippen LogP) is 7.74. The van der Waals surface area contributed by atoms with Crippen molar-refractivity contribution in [3.63, 3.8) is 0 Å². The number of nitrogens with zero attached hydrogens (tertiary/aromatic N) is 8. The number of hydrogen-bond acceptors (Lipinski definition) is 9. The molecule has 3 saturated heterocycles. The molecule has 0 saturated carbocycles. The normalized spacial score (nSPS) is 21.6. The van der Waals surface area contributed by atoms with Gasteiger partial charge in [-0.2, -0.15) is 9.97 Å². The summed E-state index contributed by atoms with van der Waals surface area (Å²) in [4.78, 5) is 21.2. The highest BCUT2D eigenvalue weighted by atomic mass is 19.1. The van der Waals surface area contributed by atoms with Gasteiger partial charge in [0.1, 0.15) is 41.4 Å². The number of benzene rings is 2. The minimum absolute atomic E-state index is 0.00373. The van der Waals surface area contributed by atoms with Crippen molar-refractivity contribution in [1.82, 2.24) is 19.9 Å². The van der Waals surface area contributed by atoms with Crippen LogP contribution in [-0.4, -0.2) is 84.8 Å². The number of halogens is 3. The molecule has 3 aliphatic rings. The fraction of sp³-hybridized carbons (Fsp3) is 0.500. The highest BCUT2D eigenvalue weighted by Crippen LogP contribution is 2.42. The van der Waals surface area contributed by atoms with Crippen molar-refractivity contribution in [2.45, 2.75) is 63.1 Å². The van der Waals surface area contributed by atoms with Gasteiger partial charge >= 0.3 is 6.01 Å². The first kappa shape index (κ1) is 35.6. The largest absolute Gasteiger partial charge is 0.468 e. The highest BCUT2D eigenvalue weighted by molar-refractivity contribution is 6.03. The third-order valence-corrected chi connectivity index (χ3v) is 10.7. The van der Waals surface area contributed by atoms with Crippen molar-refractivity contribution >= 4 is 27.5 Å². The van der Waals surface area contributed by atoms with Crippen LogP contribution in [0.25, 0.3) is 43.4 Å². The summed E-state index contributed by atoms with van der Waals surface area (Å²) < 4.78 is 64.0. The number of anilines is 1. The van der Waals surface area contributed by atoms with Gasteiger partial charge in [-0.25, -0.2) is 13.2 Å². The highest BCUT2D eigenvalue weighted by Gasteiger charge is 2.49. The maximum absolute atomic E-state index is 17.2. The number of fused-ring (bicyclic) bond motifs is 3. The number of azide groups is 1. The molecule has 0 bridgehead atoms. The second-order valence-electron chi connectivity index (χ2n) is 14.0. The lowest BCUT2D eigenvalue weighted by molar-refractivity contribution is 0.0512. The van der Waals surface area contributed by atoms with Gasteiger partial charge in [0.05, 0.1) is 16.5 Å². The van der Waals surface area contributed by atoms with E-state index in [1.165, 1.54) is 13.2 Å². The Kier molecular flexibility index (Phi) is 10.5. The molecule has 52 heavy (non-hydrogen) atoms. The summed E-state index contributed by atoms with van der Waals surface area (Å²) in [6.45, 7) is 3.14. The lowest BCUT2D eigenvalue weighted by atomic mass is 9.92. The number of alkyl halides is 1. The number of methoxy groups -OCH3 is 1. The Morgan fingerprint density at radius 1 is 1.13 bits per heavy atom. The van der Waals surface area contributed by atoms with Gasteiger partial charge in [-0.15, -0.1) is 6.42 Å². The number of aromatic nitrogens is 3. The van der Waals surface area contributed by atoms with Crippen molar-refractivity contribution in [3.8, 4) is 35.4 Å². The molecule has 7 rings (SSSR count). The molecule has 0 aliphatic carbocycles. The minimum atomic E-state index is -0.934. The van der Waals surface area contributed by atoms with Crippen LogP contribution in [0.2, 0.25) is 0 Å². The van der Waals surface area contributed by atoms with E-state index in [0.717, 1.165) is 51.5 Å². The molecule has 3 fully saturated rings. The van der Waals surface area contributed by atoms with Gasteiger partial charge in [-0.05, 0) is 80.1 Å². The summed E-state index contributed by atoms with van der Waals surface area (Å²) in [7, 11) is 1.48. The quantitative estimate of drug-likeness (QED) is 0.0345. The molecule has 1 unspecified atom stereocenters. The molecule has 0 N–H and O–H groups in total. The number of pyridine rings is 1. The van der Waals surface area contributed by atoms with E-state index in [4.69, 9.17) is 31.1 Å². The standard InChI is InChI=1S/C38H41F3N8O3/c1-3-28-31(40)11-10-25-16-27(52-23-50-2)17-29(32(25)28)34-33(41)35-30(19-43-34)36(48-14-6-9-24(20-48)8-4-5-13-44-47-42)46-37(45-35)51-22-38-12-7-15-49(38)21-26(39)18-38/h1,10-11,16-17,19,24,26H,4-9,12-15,18,20-23H2,2H3/t24?,26-,38+/m1/s1. The average Bonchev–Trinajstić information content (AvgIpc) is 3.68. The lowest BCUT2D eigenvalue weighted by Gasteiger charge is -2.34. The van der Waals surface area contributed by atoms with Gasteiger partial charge in [0.25, 0.3) is 0 Å². The Hall–Kier alpha value is -4.83. The lowest BCUT2D eigenvalue weighted by Crippen LogP contribution is -2.43. The van der Waals surface area contributed by atoms with Crippen LogP contribution in [0.5, 0.6) is 11.8 Å². The Morgan fingerprint density at radius 2 is 2.02 bits per heavy atom. The van der Waals surface area contributed by atoms with E-state index in [2.05, 4.69) is 35.7 Å². The first-order valence-electron chi connectivity index (χ1n) is 17.8. The molecule has 2 aromatic carbocycles. The van der Waals surface area contributed by atoms with Crippen molar-refractivity contribution in [2.75, 3.05) is 58.1 Å². The zero-order chi connectivity index (χ0) is 36.2. The Bertz CT molecular complexity index is 2050. The fourth-order valence-corrected chi connectivity index (χ4v) is 8.27. The molecule has 0 amide bonds. The van der Waals surface area contributed by atoms with Gasteiger partial charge in [-0.1, -0.05) is 23.5 Å². The maximum Gasteiger partial charge on any atom is 0.319 e. The second-order valence-corrected chi connectivity index (χ2v) is 14.0. The van der Waals surface area contributed by atoms with Crippen molar-refractivity contribution < 1.29 is 27.4 Å². The van der Waals surface area contributed by atoms with Gasteiger partial charge in [0, 0.05) is 61.8 Å². The molecule has 3 atom stereocenters. The number of unbranched alkanes of at least 4 members (excludes halogenated alkanes) is 1. The zero-order valence-electron chi connectivity index (χ0n) is 29.2. The molecular weight excluding hydrogens is 673 g/mol. The van der Waals surface area contributed by atoms with Crippen molar-refractivity contribution in [3.05, 3.63) is 58.1 Å². The number of ether oxygens (including phenoxy) is 3. The fourth-order valence-electron chi connectivity index (χ4n) is 8.27. The Labute approximate surface area is 300 Å². The number of hydrogen-bond donors (Lipinski definition) is 0. The van der Waals surface area contributed by atoms with E-state index < -0.39 is 23.3 Å². The summed E-state index contributed by atoms with van der Waals surface area (Å²) in [6.07, 6.45) is 13.1. The van der Waals surface area contributed by atoms with Crippen LogP contribution < -0.4 is 14.4 Å². The van der Waals surface area contributed by atoms with Crippen LogP contribution in [0.3, 0.4) is 0 Å². The molecule has 0 spiro atoms. The molecule has 14 heteroatoms. The summed E-state index contributed by atoms with van der Waals surface area (Å²) in [5.74, 6) is 2.27. The predicted molar refractivity (Wildman–Crippen MR) is 192 cm³/mol.